The first-order valence-electron chi connectivity index (χ1n) is 5.05. The highest BCUT2D eigenvalue weighted by Gasteiger charge is 2.14. The summed E-state index contributed by atoms with van der Waals surface area (Å²) in [5.41, 5.74) is 1.63. The number of amides is 1. The van der Waals surface area contributed by atoms with E-state index in [1.165, 1.54) is 0 Å². The summed E-state index contributed by atoms with van der Waals surface area (Å²) in [7, 11) is 1.55. The number of benzene rings is 1. The van der Waals surface area contributed by atoms with Crippen molar-refractivity contribution < 1.29 is 9.53 Å². The molecule has 94 valence electrons. The topological polar surface area (TPSA) is 64.1 Å². The molecule has 0 aliphatic carbocycles. The predicted molar refractivity (Wildman–Crippen MR) is 70.6 cm³/mol. The van der Waals surface area contributed by atoms with Gasteiger partial charge in [-0.2, -0.15) is 0 Å². The van der Waals surface area contributed by atoms with Gasteiger partial charge in [-0.15, -0.1) is 10.2 Å². The van der Waals surface area contributed by atoms with Crippen LogP contribution >= 0.6 is 22.9 Å². The third-order valence-electron chi connectivity index (χ3n) is 2.20. The zero-order chi connectivity index (χ0) is 13.1. The number of nitrogens with zero attached hydrogens (tertiary/aromatic N) is 2. The van der Waals surface area contributed by atoms with E-state index in [4.69, 9.17) is 16.3 Å². The van der Waals surface area contributed by atoms with Gasteiger partial charge in [-0.3, -0.25) is 4.79 Å². The lowest BCUT2D eigenvalue weighted by Gasteiger charge is -2.09. The Labute approximate surface area is 113 Å². The van der Waals surface area contributed by atoms with Crippen molar-refractivity contribution in [3.8, 4) is 5.75 Å². The Bertz CT molecular complexity index is 585. The molecule has 5 nitrogen and oxygen atoms in total. The smallest absolute Gasteiger partial charge is 0.286 e. The fourth-order valence-corrected chi connectivity index (χ4v) is 2.10. The molecule has 0 aliphatic heterocycles. The van der Waals surface area contributed by atoms with Crippen molar-refractivity contribution in [1.82, 2.24) is 10.2 Å². The van der Waals surface area contributed by atoms with E-state index >= 15 is 0 Å². The molecule has 0 aliphatic rings. The molecule has 2 aromatic rings. The number of rotatable bonds is 3. The molecule has 1 aromatic carbocycles. The van der Waals surface area contributed by atoms with Gasteiger partial charge in [0.1, 0.15) is 5.75 Å². The number of ether oxygens (including phenoxy) is 1. The van der Waals surface area contributed by atoms with E-state index in [-0.39, 0.29) is 15.4 Å². The van der Waals surface area contributed by atoms with Gasteiger partial charge in [0.2, 0.25) is 9.47 Å². The van der Waals surface area contributed by atoms with Crippen molar-refractivity contribution in [3.63, 3.8) is 0 Å². The minimum absolute atomic E-state index is 0.211. The number of halogens is 1. The second-order valence-electron chi connectivity index (χ2n) is 3.52. The summed E-state index contributed by atoms with van der Waals surface area (Å²) in [5.74, 6) is 0.237. The van der Waals surface area contributed by atoms with Gasteiger partial charge in [-0.05, 0) is 36.2 Å². The first kappa shape index (κ1) is 12.8. The van der Waals surface area contributed by atoms with Gasteiger partial charge >= 0.3 is 0 Å². The van der Waals surface area contributed by atoms with Crippen molar-refractivity contribution in [3.05, 3.63) is 33.2 Å². The van der Waals surface area contributed by atoms with Crippen LogP contribution in [0.3, 0.4) is 0 Å². The summed E-state index contributed by atoms with van der Waals surface area (Å²) in [6.45, 7) is 1.94. The maximum absolute atomic E-state index is 11.9. The molecule has 18 heavy (non-hydrogen) atoms. The van der Waals surface area contributed by atoms with Crippen molar-refractivity contribution >= 4 is 34.5 Å². The molecule has 0 radical (unpaired) electrons. The predicted octanol–water partition coefficient (Wildman–Crippen LogP) is 2.76. The molecule has 0 spiro atoms. The molecule has 1 N–H and O–H groups in total. The lowest BCUT2D eigenvalue weighted by molar-refractivity contribution is 0.102. The molecule has 0 unspecified atom stereocenters. The zero-order valence-electron chi connectivity index (χ0n) is 9.73. The summed E-state index contributed by atoms with van der Waals surface area (Å²) in [4.78, 5) is 11.9. The van der Waals surface area contributed by atoms with E-state index < -0.39 is 0 Å². The minimum Gasteiger partial charge on any atom is -0.495 e. The second kappa shape index (κ2) is 5.32. The molecule has 0 bridgehead atoms. The number of aryl methyl sites for hydroxylation is 1. The van der Waals surface area contributed by atoms with Crippen LogP contribution in [-0.4, -0.2) is 23.2 Å². The molecule has 1 heterocycles. The summed E-state index contributed by atoms with van der Waals surface area (Å²) in [6.07, 6.45) is 0. The first-order chi connectivity index (χ1) is 8.60. The molecule has 2 rings (SSSR count). The van der Waals surface area contributed by atoms with Crippen LogP contribution < -0.4 is 10.1 Å². The highest BCUT2D eigenvalue weighted by molar-refractivity contribution is 7.17. The summed E-state index contributed by atoms with van der Waals surface area (Å²) in [5, 5.41) is 10.2. The fourth-order valence-electron chi connectivity index (χ4n) is 1.37. The Balaban J connectivity index is 2.21. The van der Waals surface area contributed by atoms with Crippen LogP contribution in [0.2, 0.25) is 4.47 Å². The molecular formula is C11H10ClN3O2S. The van der Waals surface area contributed by atoms with E-state index in [2.05, 4.69) is 15.5 Å². The number of hydrogen-bond donors (Lipinski definition) is 1. The highest BCUT2D eigenvalue weighted by Crippen LogP contribution is 2.26. The lowest BCUT2D eigenvalue weighted by Crippen LogP contribution is -2.12. The van der Waals surface area contributed by atoms with Gasteiger partial charge in [-0.1, -0.05) is 17.4 Å². The summed E-state index contributed by atoms with van der Waals surface area (Å²) >= 11 is 6.65. The number of carbonyl (C=O) groups excluding carboxylic acids is 1. The Morgan fingerprint density at radius 3 is 2.83 bits per heavy atom. The standard InChI is InChI=1S/C11H10ClN3O2S/c1-6-3-4-7(8(5-6)17-2)13-9(16)10-14-15-11(12)18-10/h3-5H,1-2H3,(H,13,16). The number of anilines is 1. The molecule has 1 amide bonds. The van der Waals surface area contributed by atoms with Crippen molar-refractivity contribution in [2.24, 2.45) is 0 Å². The maximum Gasteiger partial charge on any atom is 0.286 e. The number of methoxy groups -OCH3 is 1. The molecule has 0 saturated carbocycles. The number of carbonyl (C=O) groups is 1. The van der Waals surface area contributed by atoms with Gasteiger partial charge in [-0.25, -0.2) is 0 Å². The Morgan fingerprint density at radius 2 is 2.22 bits per heavy atom. The number of aromatic nitrogens is 2. The molecule has 0 atom stereocenters. The van der Waals surface area contributed by atoms with Crippen molar-refractivity contribution in [2.75, 3.05) is 12.4 Å². The van der Waals surface area contributed by atoms with Crippen LogP contribution in [0.5, 0.6) is 5.75 Å². The van der Waals surface area contributed by atoms with Gasteiger partial charge in [0.25, 0.3) is 5.91 Å². The largest absolute Gasteiger partial charge is 0.495 e. The van der Waals surface area contributed by atoms with E-state index in [1.807, 2.05) is 19.1 Å². The quantitative estimate of drug-likeness (QED) is 0.941. The van der Waals surface area contributed by atoms with Crippen LogP contribution in [0.1, 0.15) is 15.4 Å². The van der Waals surface area contributed by atoms with Crippen molar-refractivity contribution in [2.45, 2.75) is 6.92 Å². The molecule has 7 heteroatoms. The van der Waals surface area contributed by atoms with Crippen LogP contribution in [0.15, 0.2) is 18.2 Å². The molecule has 0 fully saturated rings. The van der Waals surface area contributed by atoms with E-state index in [0.29, 0.717) is 11.4 Å². The van der Waals surface area contributed by atoms with Gasteiger partial charge in [0, 0.05) is 0 Å². The monoisotopic (exact) mass is 283 g/mol. The maximum atomic E-state index is 11.9. The zero-order valence-corrected chi connectivity index (χ0v) is 11.3. The SMILES string of the molecule is COc1cc(C)ccc1NC(=O)c1nnc(Cl)s1. The Morgan fingerprint density at radius 1 is 1.44 bits per heavy atom. The summed E-state index contributed by atoms with van der Waals surface area (Å²) < 4.78 is 5.43. The highest BCUT2D eigenvalue weighted by atomic mass is 35.5. The first-order valence-corrected chi connectivity index (χ1v) is 6.24. The van der Waals surface area contributed by atoms with E-state index in [1.54, 1.807) is 13.2 Å². The third kappa shape index (κ3) is 2.77. The second-order valence-corrected chi connectivity index (χ2v) is 5.08. The lowest BCUT2D eigenvalue weighted by atomic mass is 10.2. The van der Waals surface area contributed by atoms with Gasteiger partial charge in [0.15, 0.2) is 0 Å². The normalized spacial score (nSPS) is 10.2. The number of hydrogen-bond acceptors (Lipinski definition) is 5. The molecular weight excluding hydrogens is 274 g/mol. The fraction of sp³-hybridized carbons (Fsp3) is 0.182. The van der Waals surface area contributed by atoms with Crippen LogP contribution in [0.25, 0.3) is 0 Å². The van der Waals surface area contributed by atoms with E-state index in [9.17, 15) is 4.79 Å². The summed E-state index contributed by atoms with van der Waals surface area (Å²) in [6, 6.07) is 5.49. The number of nitrogens with one attached hydrogen (secondary N) is 1. The van der Waals surface area contributed by atoms with Gasteiger partial charge in [0.05, 0.1) is 12.8 Å². The van der Waals surface area contributed by atoms with Crippen LogP contribution in [0, 0.1) is 6.92 Å². The van der Waals surface area contributed by atoms with Crippen LogP contribution in [0.4, 0.5) is 5.69 Å². The molecule has 0 saturated heterocycles. The minimum atomic E-state index is -0.360. The Hall–Kier alpha value is -1.66. The third-order valence-corrected chi connectivity index (χ3v) is 3.22. The van der Waals surface area contributed by atoms with E-state index in [0.717, 1.165) is 16.9 Å². The van der Waals surface area contributed by atoms with Crippen LogP contribution in [-0.2, 0) is 0 Å². The molecule has 1 aromatic heterocycles. The average Bonchev–Trinajstić information content (AvgIpc) is 2.78. The average molecular weight is 284 g/mol. The Kier molecular flexibility index (Phi) is 3.78. The van der Waals surface area contributed by atoms with Gasteiger partial charge < -0.3 is 10.1 Å². The van der Waals surface area contributed by atoms with Crippen molar-refractivity contribution in [1.29, 1.82) is 0 Å².